The fourth-order valence-electron chi connectivity index (χ4n) is 1.71. The number of carbonyl (C=O) groups excluding carboxylic acids is 1. The molecular formula is C14H20ClNO4S. The minimum absolute atomic E-state index is 0. The SMILES string of the molecule is COc1cc(C(C)=O)ccc1NC(CCSC)C(=O)O.Cl. The lowest BCUT2D eigenvalue weighted by molar-refractivity contribution is -0.137. The molecule has 1 aromatic rings. The first-order chi connectivity index (χ1) is 9.49. The maximum absolute atomic E-state index is 11.3. The van der Waals surface area contributed by atoms with E-state index in [0.717, 1.165) is 5.75 Å². The van der Waals surface area contributed by atoms with Crippen molar-refractivity contribution in [3.63, 3.8) is 0 Å². The average molecular weight is 334 g/mol. The van der Waals surface area contributed by atoms with E-state index in [4.69, 9.17) is 4.74 Å². The zero-order valence-corrected chi connectivity index (χ0v) is 13.8. The van der Waals surface area contributed by atoms with E-state index in [1.807, 2.05) is 6.26 Å². The Morgan fingerprint density at radius 3 is 2.57 bits per heavy atom. The Bertz CT molecular complexity index is 496. The summed E-state index contributed by atoms with van der Waals surface area (Å²) in [6.07, 6.45) is 2.44. The van der Waals surface area contributed by atoms with Crippen molar-refractivity contribution in [1.29, 1.82) is 0 Å². The monoisotopic (exact) mass is 333 g/mol. The molecule has 0 fully saturated rings. The predicted molar refractivity (Wildman–Crippen MR) is 88.3 cm³/mol. The van der Waals surface area contributed by atoms with E-state index < -0.39 is 12.0 Å². The lowest BCUT2D eigenvalue weighted by Crippen LogP contribution is -2.30. The molecule has 7 heteroatoms. The summed E-state index contributed by atoms with van der Waals surface area (Å²) < 4.78 is 5.21. The highest BCUT2D eigenvalue weighted by Crippen LogP contribution is 2.27. The van der Waals surface area contributed by atoms with Crippen molar-refractivity contribution in [2.75, 3.05) is 24.4 Å². The number of methoxy groups -OCH3 is 1. The van der Waals surface area contributed by atoms with Gasteiger partial charge < -0.3 is 15.2 Å². The Morgan fingerprint density at radius 1 is 1.43 bits per heavy atom. The Hall–Kier alpha value is -1.40. The van der Waals surface area contributed by atoms with E-state index in [-0.39, 0.29) is 18.2 Å². The summed E-state index contributed by atoms with van der Waals surface area (Å²) in [6.45, 7) is 1.47. The number of nitrogens with one attached hydrogen (secondary N) is 1. The molecule has 118 valence electrons. The van der Waals surface area contributed by atoms with Crippen LogP contribution in [0.25, 0.3) is 0 Å². The van der Waals surface area contributed by atoms with E-state index in [0.29, 0.717) is 23.4 Å². The number of carbonyl (C=O) groups is 2. The van der Waals surface area contributed by atoms with Crippen molar-refractivity contribution in [2.24, 2.45) is 0 Å². The second-order valence-corrected chi connectivity index (χ2v) is 5.27. The van der Waals surface area contributed by atoms with E-state index in [2.05, 4.69) is 5.32 Å². The maximum atomic E-state index is 11.3. The van der Waals surface area contributed by atoms with Crippen LogP contribution < -0.4 is 10.1 Å². The van der Waals surface area contributed by atoms with Crippen LogP contribution in [0, 0.1) is 0 Å². The first-order valence-corrected chi connectivity index (χ1v) is 7.56. The van der Waals surface area contributed by atoms with E-state index in [1.54, 1.807) is 30.0 Å². The molecule has 0 heterocycles. The van der Waals surface area contributed by atoms with Gasteiger partial charge in [0, 0.05) is 5.56 Å². The highest BCUT2D eigenvalue weighted by Gasteiger charge is 2.18. The number of aliphatic carboxylic acids is 1. The average Bonchev–Trinajstić information content (AvgIpc) is 2.42. The molecule has 5 nitrogen and oxygen atoms in total. The number of halogens is 1. The summed E-state index contributed by atoms with van der Waals surface area (Å²) >= 11 is 1.59. The van der Waals surface area contributed by atoms with Crippen molar-refractivity contribution in [2.45, 2.75) is 19.4 Å². The summed E-state index contributed by atoms with van der Waals surface area (Å²) in [5.41, 5.74) is 1.11. The first-order valence-electron chi connectivity index (χ1n) is 6.16. The number of Topliss-reactive ketones (excluding diaryl/α,β-unsaturated/α-hetero) is 1. The van der Waals surface area contributed by atoms with Crippen molar-refractivity contribution < 1.29 is 19.4 Å². The number of carboxylic acid groups (broad SMARTS) is 1. The fraction of sp³-hybridized carbons (Fsp3) is 0.429. The Balaban J connectivity index is 0.00000400. The molecule has 0 aliphatic heterocycles. The van der Waals surface area contributed by atoms with Crippen LogP contribution in [0.4, 0.5) is 5.69 Å². The molecule has 0 aliphatic rings. The van der Waals surface area contributed by atoms with Crippen molar-refractivity contribution in [3.8, 4) is 5.75 Å². The quantitative estimate of drug-likeness (QED) is 0.712. The number of carboxylic acids is 1. The van der Waals surface area contributed by atoms with Crippen LogP contribution in [0.5, 0.6) is 5.75 Å². The van der Waals surface area contributed by atoms with Gasteiger partial charge in [0.2, 0.25) is 0 Å². The maximum Gasteiger partial charge on any atom is 0.326 e. The van der Waals surface area contributed by atoms with Crippen LogP contribution in [0.2, 0.25) is 0 Å². The van der Waals surface area contributed by atoms with Crippen molar-refractivity contribution in [3.05, 3.63) is 23.8 Å². The van der Waals surface area contributed by atoms with Crippen LogP contribution >= 0.6 is 24.2 Å². The molecule has 0 aromatic heterocycles. The highest BCUT2D eigenvalue weighted by atomic mass is 35.5. The number of ether oxygens (including phenoxy) is 1. The lowest BCUT2D eigenvalue weighted by Gasteiger charge is -2.18. The summed E-state index contributed by atoms with van der Waals surface area (Å²) in [6, 6.07) is 4.25. The molecule has 1 unspecified atom stereocenters. The van der Waals surface area contributed by atoms with Gasteiger partial charge in [0.15, 0.2) is 5.78 Å². The molecule has 0 saturated heterocycles. The first kappa shape index (κ1) is 19.6. The van der Waals surface area contributed by atoms with Crippen molar-refractivity contribution in [1.82, 2.24) is 0 Å². The second kappa shape index (κ2) is 9.52. The molecule has 0 bridgehead atoms. The number of hydrogen-bond acceptors (Lipinski definition) is 5. The van der Waals surface area contributed by atoms with Crippen LogP contribution in [-0.2, 0) is 4.79 Å². The third-order valence-corrected chi connectivity index (χ3v) is 3.49. The molecule has 0 radical (unpaired) electrons. The summed E-state index contributed by atoms with van der Waals surface area (Å²) in [4.78, 5) is 22.5. The Kier molecular flexibility index (Phi) is 8.89. The largest absolute Gasteiger partial charge is 0.495 e. The molecule has 1 aromatic carbocycles. The van der Waals surface area contributed by atoms with Gasteiger partial charge in [0.25, 0.3) is 0 Å². The van der Waals surface area contributed by atoms with Crippen LogP contribution in [0.15, 0.2) is 18.2 Å². The lowest BCUT2D eigenvalue weighted by atomic mass is 10.1. The summed E-state index contributed by atoms with van der Waals surface area (Å²) in [5, 5.41) is 12.2. The van der Waals surface area contributed by atoms with Gasteiger partial charge in [-0.1, -0.05) is 0 Å². The fourth-order valence-corrected chi connectivity index (χ4v) is 2.18. The second-order valence-electron chi connectivity index (χ2n) is 4.29. The van der Waals surface area contributed by atoms with Gasteiger partial charge in [-0.3, -0.25) is 4.79 Å². The molecule has 1 rings (SSSR count). The highest BCUT2D eigenvalue weighted by molar-refractivity contribution is 7.98. The molecule has 0 amide bonds. The standard InChI is InChI=1S/C14H19NO4S.ClH/c1-9(16)10-4-5-11(13(8-10)19-2)15-12(14(17)18)6-7-20-3;/h4-5,8,12,15H,6-7H2,1-3H3,(H,17,18);1H. The summed E-state index contributed by atoms with van der Waals surface area (Å²) in [5.74, 6) is 0.245. The van der Waals surface area contributed by atoms with Gasteiger partial charge in [-0.05, 0) is 43.6 Å². The number of hydrogen-bond donors (Lipinski definition) is 2. The molecule has 1 atom stereocenters. The van der Waals surface area contributed by atoms with Gasteiger partial charge in [-0.2, -0.15) is 11.8 Å². The number of rotatable bonds is 8. The normalized spacial score (nSPS) is 11.2. The number of ketones is 1. The van der Waals surface area contributed by atoms with Crippen molar-refractivity contribution >= 4 is 41.6 Å². The summed E-state index contributed by atoms with van der Waals surface area (Å²) in [7, 11) is 1.49. The number of thioether (sulfide) groups is 1. The van der Waals surface area contributed by atoms with Gasteiger partial charge in [0.05, 0.1) is 12.8 Å². The molecular weight excluding hydrogens is 314 g/mol. The molecule has 0 aliphatic carbocycles. The van der Waals surface area contributed by atoms with Crippen LogP contribution in [0.3, 0.4) is 0 Å². The zero-order valence-electron chi connectivity index (χ0n) is 12.2. The molecule has 0 spiro atoms. The minimum Gasteiger partial charge on any atom is -0.495 e. The Labute approximate surface area is 134 Å². The van der Waals surface area contributed by atoms with E-state index in [1.165, 1.54) is 14.0 Å². The zero-order chi connectivity index (χ0) is 15.1. The predicted octanol–water partition coefficient (Wildman–Crippen LogP) is 2.94. The molecule has 21 heavy (non-hydrogen) atoms. The van der Waals surface area contributed by atoms with Gasteiger partial charge in [-0.25, -0.2) is 4.79 Å². The topological polar surface area (TPSA) is 75.6 Å². The van der Waals surface area contributed by atoms with E-state index >= 15 is 0 Å². The van der Waals surface area contributed by atoms with E-state index in [9.17, 15) is 14.7 Å². The Morgan fingerprint density at radius 2 is 2.10 bits per heavy atom. The van der Waals surface area contributed by atoms with Gasteiger partial charge in [-0.15, -0.1) is 12.4 Å². The minimum atomic E-state index is -0.906. The molecule has 0 saturated carbocycles. The van der Waals surface area contributed by atoms with Gasteiger partial charge >= 0.3 is 5.97 Å². The number of benzene rings is 1. The van der Waals surface area contributed by atoms with Crippen LogP contribution in [-0.4, -0.2) is 42.0 Å². The third kappa shape index (κ3) is 5.85. The molecule has 2 N–H and O–H groups in total. The van der Waals surface area contributed by atoms with Crippen LogP contribution in [0.1, 0.15) is 23.7 Å². The number of anilines is 1. The smallest absolute Gasteiger partial charge is 0.326 e. The van der Waals surface area contributed by atoms with Gasteiger partial charge in [0.1, 0.15) is 11.8 Å². The third-order valence-electron chi connectivity index (χ3n) is 2.85.